The molecule has 1 saturated heterocycles. The molecule has 2 rings (SSSR count). The molecule has 0 amide bonds. The molecule has 0 spiro atoms. The topological polar surface area (TPSA) is 52.8 Å². The number of hydrogen-bond donors (Lipinski definition) is 0. The molecule has 2 atom stereocenters. The van der Waals surface area contributed by atoms with Crippen molar-refractivity contribution in [3.63, 3.8) is 0 Å². The molecule has 120 valence electrons. The lowest BCUT2D eigenvalue weighted by Crippen LogP contribution is -2.40. The average molecular weight is 334 g/mol. The number of aliphatic imine (C=N–C) groups is 1. The number of halogens is 3. The van der Waals surface area contributed by atoms with Gasteiger partial charge in [-0.15, -0.1) is 0 Å². The molecule has 0 N–H and O–H groups in total. The van der Waals surface area contributed by atoms with Crippen LogP contribution in [0, 0.1) is 0 Å². The lowest BCUT2D eigenvalue weighted by Gasteiger charge is -2.32. The third kappa shape index (κ3) is 3.44. The monoisotopic (exact) mass is 334 g/mol. The molecule has 1 aliphatic rings. The molecule has 0 aliphatic carbocycles. The fraction of sp³-hybridized carbons (Fsp3) is 0.538. The van der Waals surface area contributed by atoms with E-state index in [0.29, 0.717) is 19.1 Å². The van der Waals surface area contributed by atoms with Crippen LogP contribution >= 0.6 is 12.2 Å². The van der Waals surface area contributed by atoms with Gasteiger partial charge in [-0.1, -0.05) is 0 Å². The van der Waals surface area contributed by atoms with Crippen LogP contribution in [0.4, 0.5) is 18.9 Å². The van der Waals surface area contributed by atoms with E-state index in [1.54, 1.807) is 0 Å². The number of alkyl halides is 3. The van der Waals surface area contributed by atoms with Crippen molar-refractivity contribution < 1.29 is 22.6 Å². The van der Waals surface area contributed by atoms with Crippen LogP contribution in [-0.4, -0.2) is 36.2 Å². The summed E-state index contributed by atoms with van der Waals surface area (Å²) in [4.78, 5) is 15.7. The van der Waals surface area contributed by atoms with Crippen molar-refractivity contribution in [2.45, 2.75) is 24.7 Å². The van der Waals surface area contributed by atoms with Gasteiger partial charge < -0.3 is 14.0 Å². The van der Waals surface area contributed by atoms with Gasteiger partial charge in [-0.25, -0.2) is 0 Å². The van der Waals surface area contributed by atoms with E-state index in [2.05, 4.69) is 17.2 Å². The Balaban J connectivity index is 2.60. The Morgan fingerprint density at radius 2 is 2.27 bits per heavy atom. The minimum absolute atomic E-state index is 0.0838. The summed E-state index contributed by atoms with van der Waals surface area (Å²) >= 11 is 4.38. The van der Waals surface area contributed by atoms with Crippen molar-refractivity contribution in [3.8, 4) is 0 Å². The molecule has 9 heteroatoms. The highest BCUT2D eigenvalue weighted by molar-refractivity contribution is 7.78. The standard InChI is InChI=1S/C13H13F3N2O3S/c1-20-11-2-3-21-6-10(11)18-5-8(13(14,15)16)4-9(12(18)19)17-7-22/h4-5,10-11H,2-3,6H2,1H3/t10-,11?/m1/s1. The first kappa shape index (κ1) is 16.8. The molecule has 5 nitrogen and oxygen atoms in total. The van der Waals surface area contributed by atoms with E-state index in [1.165, 1.54) is 7.11 Å². The largest absolute Gasteiger partial charge is 0.417 e. The fourth-order valence-corrected chi connectivity index (χ4v) is 2.45. The third-order valence-corrected chi connectivity index (χ3v) is 3.53. The highest BCUT2D eigenvalue weighted by Crippen LogP contribution is 2.32. The van der Waals surface area contributed by atoms with Crippen LogP contribution in [0.15, 0.2) is 22.1 Å². The normalized spacial score (nSPS) is 22.2. The van der Waals surface area contributed by atoms with E-state index >= 15 is 0 Å². The summed E-state index contributed by atoms with van der Waals surface area (Å²) in [5.41, 5.74) is -2.09. The van der Waals surface area contributed by atoms with E-state index in [9.17, 15) is 18.0 Å². The van der Waals surface area contributed by atoms with Crippen molar-refractivity contribution in [1.29, 1.82) is 0 Å². The highest BCUT2D eigenvalue weighted by Gasteiger charge is 2.35. The van der Waals surface area contributed by atoms with Gasteiger partial charge in [0.25, 0.3) is 5.56 Å². The SMILES string of the molecule is COC1CCOC[C@H]1n1cc(C(F)(F)F)cc(N=C=S)c1=O. The summed E-state index contributed by atoms with van der Waals surface area (Å²) in [6.07, 6.45) is -3.79. The summed E-state index contributed by atoms with van der Waals surface area (Å²) in [6.45, 7) is 0.508. The maximum Gasteiger partial charge on any atom is 0.417 e. The quantitative estimate of drug-likeness (QED) is 0.630. The Hall–Kier alpha value is -1.54. The number of hydrogen-bond acceptors (Lipinski definition) is 5. The van der Waals surface area contributed by atoms with Gasteiger partial charge in [-0.05, 0) is 24.7 Å². The first-order valence-corrected chi connectivity index (χ1v) is 6.81. The van der Waals surface area contributed by atoms with Crippen molar-refractivity contribution in [3.05, 3.63) is 28.2 Å². The molecule has 1 aromatic rings. The molecule has 1 aliphatic heterocycles. The summed E-state index contributed by atoms with van der Waals surface area (Å²) < 4.78 is 50.5. The number of rotatable bonds is 3. The average Bonchev–Trinajstić information content (AvgIpc) is 2.48. The molecule has 0 saturated carbocycles. The van der Waals surface area contributed by atoms with Gasteiger partial charge in [0.05, 0.1) is 29.5 Å². The van der Waals surface area contributed by atoms with Crippen molar-refractivity contribution >= 4 is 23.1 Å². The zero-order valence-corrected chi connectivity index (χ0v) is 12.4. The smallest absolute Gasteiger partial charge is 0.379 e. The molecule has 0 radical (unpaired) electrons. The van der Waals surface area contributed by atoms with Crippen LogP contribution in [0.2, 0.25) is 0 Å². The van der Waals surface area contributed by atoms with Gasteiger partial charge >= 0.3 is 6.18 Å². The molecule has 1 fully saturated rings. The van der Waals surface area contributed by atoms with Crippen LogP contribution in [0.3, 0.4) is 0 Å². The Morgan fingerprint density at radius 3 is 2.86 bits per heavy atom. The fourth-order valence-electron chi connectivity index (χ4n) is 2.36. The first-order chi connectivity index (χ1) is 10.4. The lowest BCUT2D eigenvalue weighted by molar-refractivity contribution is -0.138. The van der Waals surface area contributed by atoms with Crippen molar-refractivity contribution in [2.75, 3.05) is 20.3 Å². The van der Waals surface area contributed by atoms with E-state index in [0.717, 1.165) is 10.8 Å². The number of nitrogens with zero attached hydrogens (tertiary/aromatic N) is 2. The zero-order chi connectivity index (χ0) is 16.3. The molecule has 1 unspecified atom stereocenters. The number of isothiocyanates is 1. The zero-order valence-electron chi connectivity index (χ0n) is 11.6. The first-order valence-electron chi connectivity index (χ1n) is 6.40. The van der Waals surface area contributed by atoms with Crippen LogP contribution in [-0.2, 0) is 15.7 Å². The lowest BCUT2D eigenvalue weighted by atomic mass is 10.1. The summed E-state index contributed by atoms with van der Waals surface area (Å²) in [5, 5.41) is 1.92. The van der Waals surface area contributed by atoms with Crippen LogP contribution < -0.4 is 5.56 Å². The molecule has 1 aromatic heterocycles. The Morgan fingerprint density at radius 1 is 1.55 bits per heavy atom. The second-order valence-corrected chi connectivity index (χ2v) is 4.91. The van der Waals surface area contributed by atoms with Gasteiger partial charge in [0, 0.05) is 19.9 Å². The second-order valence-electron chi connectivity index (χ2n) is 4.73. The predicted octanol–water partition coefficient (Wildman–Crippen LogP) is 2.58. The number of methoxy groups -OCH3 is 1. The van der Waals surface area contributed by atoms with Crippen molar-refractivity contribution in [2.24, 2.45) is 4.99 Å². The van der Waals surface area contributed by atoms with E-state index in [4.69, 9.17) is 9.47 Å². The van der Waals surface area contributed by atoms with Gasteiger partial charge in [0.15, 0.2) is 0 Å². The molecule has 0 aromatic carbocycles. The van der Waals surface area contributed by atoms with E-state index in [1.807, 2.05) is 5.16 Å². The van der Waals surface area contributed by atoms with Gasteiger partial charge in [0.2, 0.25) is 0 Å². The molecular formula is C13H13F3N2O3S. The van der Waals surface area contributed by atoms with Crippen molar-refractivity contribution in [1.82, 2.24) is 4.57 Å². The predicted molar refractivity (Wildman–Crippen MR) is 75.7 cm³/mol. The molecule has 22 heavy (non-hydrogen) atoms. The molecule has 0 bridgehead atoms. The van der Waals surface area contributed by atoms with E-state index in [-0.39, 0.29) is 6.61 Å². The summed E-state index contributed by atoms with van der Waals surface area (Å²) in [6, 6.07) is -0.00323. The minimum atomic E-state index is -4.61. The number of pyridine rings is 1. The molecule has 2 heterocycles. The molecular weight excluding hydrogens is 321 g/mol. The number of thiocarbonyl (C=S) groups is 1. The highest BCUT2D eigenvalue weighted by atomic mass is 32.1. The minimum Gasteiger partial charge on any atom is -0.379 e. The van der Waals surface area contributed by atoms with E-state index < -0.39 is 35.1 Å². The maximum atomic E-state index is 13.0. The Bertz CT molecular complexity index is 653. The van der Waals surface area contributed by atoms with Gasteiger partial charge in [-0.3, -0.25) is 4.79 Å². The maximum absolute atomic E-state index is 13.0. The number of aromatic nitrogens is 1. The van der Waals surface area contributed by atoms with Gasteiger partial charge in [0.1, 0.15) is 5.69 Å². The second kappa shape index (κ2) is 6.70. The third-order valence-electron chi connectivity index (χ3n) is 3.44. The van der Waals surface area contributed by atoms with Crippen LogP contribution in [0.25, 0.3) is 0 Å². The Kier molecular flexibility index (Phi) is 5.12. The number of ether oxygens (including phenoxy) is 2. The van der Waals surface area contributed by atoms with Gasteiger partial charge in [-0.2, -0.15) is 18.2 Å². The Labute approximate surface area is 129 Å². The summed E-state index contributed by atoms with van der Waals surface area (Å²) in [5.74, 6) is 0. The van der Waals surface area contributed by atoms with Crippen LogP contribution in [0.5, 0.6) is 0 Å². The summed E-state index contributed by atoms with van der Waals surface area (Å²) in [7, 11) is 1.44. The van der Waals surface area contributed by atoms with Crippen LogP contribution in [0.1, 0.15) is 18.0 Å².